The minimum Gasteiger partial charge on any atom is -0.497 e. The molecule has 1 unspecified atom stereocenters. The van der Waals surface area contributed by atoms with Gasteiger partial charge >= 0.3 is 0 Å². The van der Waals surface area contributed by atoms with Crippen LogP contribution in [-0.2, 0) is 10.0 Å². The second-order valence-electron chi connectivity index (χ2n) is 7.64. The Bertz CT molecular complexity index is 926. The van der Waals surface area contributed by atoms with E-state index in [2.05, 4.69) is 33.7 Å². The molecule has 1 aromatic heterocycles. The number of rotatable bonds is 7. The molecule has 0 bridgehead atoms. The summed E-state index contributed by atoms with van der Waals surface area (Å²) in [6.07, 6.45) is 3.60. The molecule has 0 radical (unpaired) electrons. The minimum absolute atomic E-state index is 0.183. The largest absolute Gasteiger partial charge is 0.497 e. The van der Waals surface area contributed by atoms with Gasteiger partial charge in [0.05, 0.1) is 24.1 Å². The molecule has 2 fully saturated rings. The highest BCUT2D eigenvalue weighted by atomic mass is 32.2. The number of likely N-dealkylation sites (tertiary alicyclic amines) is 1. The Morgan fingerprint density at radius 3 is 2.57 bits per heavy atom. The van der Waals surface area contributed by atoms with E-state index in [1.165, 1.54) is 5.56 Å². The first kappa shape index (κ1) is 19.2. The second-order valence-corrected chi connectivity index (χ2v) is 9.60. The van der Waals surface area contributed by atoms with Crippen LogP contribution in [0.1, 0.15) is 55.9 Å². The molecule has 1 aliphatic carbocycles. The Labute approximate surface area is 167 Å². The SMILES string of the molecule is COc1ccc([C@H](C)N2CCCC2c2cccc(NS(=O)(=O)C3CC3)n2)cc1. The molecule has 6 nitrogen and oxygen atoms in total. The molecule has 1 saturated carbocycles. The van der Waals surface area contributed by atoms with Gasteiger partial charge in [0.2, 0.25) is 10.0 Å². The predicted octanol–water partition coefficient (Wildman–Crippen LogP) is 3.89. The molecule has 2 aliphatic rings. The molecule has 1 aliphatic heterocycles. The van der Waals surface area contributed by atoms with E-state index in [0.29, 0.717) is 5.82 Å². The fourth-order valence-electron chi connectivity index (χ4n) is 3.95. The fourth-order valence-corrected chi connectivity index (χ4v) is 5.27. The van der Waals surface area contributed by atoms with Gasteiger partial charge in [-0.05, 0) is 69.0 Å². The molecule has 7 heteroatoms. The van der Waals surface area contributed by atoms with Crippen molar-refractivity contribution < 1.29 is 13.2 Å². The van der Waals surface area contributed by atoms with Crippen molar-refractivity contribution in [1.82, 2.24) is 9.88 Å². The highest BCUT2D eigenvalue weighted by Gasteiger charge is 2.36. The standard InChI is InChI=1S/C21H27N3O3S/c1-15(16-8-10-17(27-2)11-9-16)24-14-4-6-20(24)19-5-3-7-21(22-19)23-28(25,26)18-12-13-18/h3,5,7-11,15,18,20H,4,6,12-14H2,1-2H3,(H,22,23)/t15-,20?/m0/s1. The summed E-state index contributed by atoms with van der Waals surface area (Å²) >= 11 is 0. The molecular formula is C21H27N3O3S. The molecule has 1 N–H and O–H groups in total. The van der Waals surface area contributed by atoms with Gasteiger partial charge in [-0.1, -0.05) is 18.2 Å². The number of sulfonamides is 1. The number of ether oxygens (including phenoxy) is 1. The number of pyridine rings is 1. The number of methoxy groups -OCH3 is 1. The second kappa shape index (κ2) is 7.72. The molecule has 150 valence electrons. The number of benzene rings is 1. The topological polar surface area (TPSA) is 71.5 Å². The van der Waals surface area contributed by atoms with Crippen LogP contribution in [0.15, 0.2) is 42.5 Å². The van der Waals surface area contributed by atoms with Crippen molar-refractivity contribution in [2.75, 3.05) is 18.4 Å². The van der Waals surface area contributed by atoms with E-state index < -0.39 is 10.0 Å². The smallest absolute Gasteiger partial charge is 0.236 e. The van der Waals surface area contributed by atoms with Crippen molar-refractivity contribution in [3.05, 3.63) is 53.7 Å². The summed E-state index contributed by atoms with van der Waals surface area (Å²) < 4.78 is 32.4. The Balaban J connectivity index is 1.53. The summed E-state index contributed by atoms with van der Waals surface area (Å²) in [5.74, 6) is 1.28. The Morgan fingerprint density at radius 1 is 1.14 bits per heavy atom. The molecule has 0 amide bonds. The van der Waals surface area contributed by atoms with Gasteiger partial charge < -0.3 is 4.74 Å². The molecule has 2 heterocycles. The van der Waals surface area contributed by atoms with E-state index >= 15 is 0 Å². The van der Waals surface area contributed by atoms with E-state index in [1.807, 2.05) is 24.3 Å². The van der Waals surface area contributed by atoms with E-state index in [4.69, 9.17) is 4.74 Å². The van der Waals surface area contributed by atoms with Gasteiger partial charge in [0, 0.05) is 6.04 Å². The van der Waals surface area contributed by atoms with Gasteiger partial charge in [-0.3, -0.25) is 9.62 Å². The quantitative estimate of drug-likeness (QED) is 0.762. The van der Waals surface area contributed by atoms with E-state index in [0.717, 1.165) is 43.7 Å². The number of hydrogen-bond acceptors (Lipinski definition) is 5. The van der Waals surface area contributed by atoms with Gasteiger partial charge in [0.1, 0.15) is 11.6 Å². The van der Waals surface area contributed by atoms with Crippen LogP contribution < -0.4 is 9.46 Å². The van der Waals surface area contributed by atoms with Crippen LogP contribution in [0.3, 0.4) is 0 Å². The number of anilines is 1. The van der Waals surface area contributed by atoms with Crippen molar-refractivity contribution in [3.8, 4) is 5.75 Å². The van der Waals surface area contributed by atoms with Crippen LogP contribution in [0.5, 0.6) is 5.75 Å². The third kappa shape index (κ3) is 4.00. The summed E-state index contributed by atoms with van der Waals surface area (Å²) in [4.78, 5) is 7.10. The van der Waals surface area contributed by atoms with E-state index in [1.54, 1.807) is 13.2 Å². The first-order valence-corrected chi connectivity index (χ1v) is 11.4. The van der Waals surface area contributed by atoms with Crippen molar-refractivity contribution in [2.24, 2.45) is 0 Å². The third-order valence-corrected chi connectivity index (χ3v) is 7.55. The van der Waals surface area contributed by atoms with Crippen molar-refractivity contribution in [3.63, 3.8) is 0 Å². The number of hydrogen-bond donors (Lipinski definition) is 1. The van der Waals surface area contributed by atoms with Crippen LogP contribution in [-0.4, -0.2) is 37.2 Å². The summed E-state index contributed by atoms with van der Waals surface area (Å²) in [6.45, 7) is 3.21. The average Bonchev–Trinajstić information content (AvgIpc) is 3.46. The summed E-state index contributed by atoms with van der Waals surface area (Å²) in [6, 6.07) is 14.2. The molecule has 4 rings (SSSR count). The molecule has 2 aromatic rings. The predicted molar refractivity (Wildman–Crippen MR) is 110 cm³/mol. The average molecular weight is 402 g/mol. The Kier molecular flexibility index (Phi) is 5.29. The zero-order chi connectivity index (χ0) is 19.7. The highest BCUT2D eigenvalue weighted by Crippen LogP contribution is 2.38. The van der Waals surface area contributed by atoms with E-state index in [-0.39, 0.29) is 17.3 Å². The van der Waals surface area contributed by atoms with Gasteiger partial charge in [-0.25, -0.2) is 13.4 Å². The van der Waals surface area contributed by atoms with Crippen LogP contribution in [0.2, 0.25) is 0 Å². The summed E-state index contributed by atoms with van der Waals surface area (Å²) in [5.41, 5.74) is 2.16. The fraction of sp³-hybridized carbons (Fsp3) is 0.476. The van der Waals surface area contributed by atoms with Crippen LogP contribution in [0, 0.1) is 0 Å². The first-order chi connectivity index (χ1) is 13.5. The minimum atomic E-state index is -3.30. The van der Waals surface area contributed by atoms with Gasteiger partial charge in [-0.2, -0.15) is 0 Å². The maximum absolute atomic E-state index is 12.2. The lowest BCUT2D eigenvalue weighted by Crippen LogP contribution is -2.27. The van der Waals surface area contributed by atoms with Gasteiger partial charge in [0.25, 0.3) is 0 Å². The van der Waals surface area contributed by atoms with Gasteiger partial charge in [0.15, 0.2) is 0 Å². The normalized spacial score (nSPS) is 21.4. The van der Waals surface area contributed by atoms with E-state index in [9.17, 15) is 8.42 Å². The lowest BCUT2D eigenvalue weighted by molar-refractivity contribution is 0.191. The first-order valence-electron chi connectivity index (χ1n) is 9.86. The third-order valence-electron chi connectivity index (χ3n) is 5.71. The maximum Gasteiger partial charge on any atom is 0.236 e. The maximum atomic E-state index is 12.2. The molecule has 0 spiro atoms. The molecule has 2 atom stereocenters. The van der Waals surface area contributed by atoms with Crippen LogP contribution >= 0.6 is 0 Å². The van der Waals surface area contributed by atoms with Crippen molar-refractivity contribution >= 4 is 15.8 Å². The number of nitrogens with zero attached hydrogens (tertiary/aromatic N) is 2. The summed E-state index contributed by atoms with van der Waals surface area (Å²) in [5, 5.41) is -0.254. The Morgan fingerprint density at radius 2 is 1.89 bits per heavy atom. The van der Waals surface area contributed by atoms with Crippen LogP contribution in [0.4, 0.5) is 5.82 Å². The molecule has 28 heavy (non-hydrogen) atoms. The van der Waals surface area contributed by atoms with Gasteiger partial charge in [-0.15, -0.1) is 0 Å². The molecule has 1 aromatic carbocycles. The zero-order valence-corrected chi connectivity index (χ0v) is 17.2. The molecule has 1 saturated heterocycles. The van der Waals surface area contributed by atoms with Crippen molar-refractivity contribution in [1.29, 1.82) is 0 Å². The zero-order valence-electron chi connectivity index (χ0n) is 16.3. The number of aromatic nitrogens is 1. The van der Waals surface area contributed by atoms with Crippen LogP contribution in [0.25, 0.3) is 0 Å². The number of nitrogens with one attached hydrogen (secondary N) is 1. The van der Waals surface area contributed by atoms with Crippen molar-refractivity contribution in [2.45, 2.75) is 49.9 Å². The summed E-state index contributed by atoms with van der Waals surface area (Å²) in [7, 11) is -1.63. The molecular weight excluding hydrogens is 374 g/mol. The highest BCUT2D eigenvalue weighted by molar-refractivity contribution is 7.93. The lowest BCUT2D eigenvalue weighted by atomic mass is 10.0. The lowest BCUT2D eigenvalue weighted by Gasteiger charge is -2.31. The monoisotopic (exact) mass is 401 g/mol. The Hall–Kier alpha value is -2.12.